The fraction of sp³-hybridized carbons (Fsp3) is 0.562. The molecular formula is C32H41FN6O. The predicted molar refractivity (Wildman–Crippen MR) is 154 cm³/mol. The summed E-state index contributed by atoms with van der Waals surface area (Å²) in [5.74, 6) is 1.39. The van der Waals surface area contributed by atoms with Crippen molar-refractivity contribution in [2.24, 2.45) is 18.9 Å². The number of fused-ring (bicyclic) bond motifs is 1. The average molecular weight is 545 g/mol. The normalized spacial score (nSPS) is 27.7. The van der Waals surface area contributed by atoms with Crippen molar-refractivity contribution < 1.29 is 9.18 Å². The number of hydrogen-bond acceptors (Lipinski definition) is 5. The Morgan fingerprint density at radius 1 is 1.20 bits per heavy atom. The second-order valence-corrected chi connectivity index (χ2v) is 13.3. The van der Waals surface area contributed by atoms with Crippen LogP contribution in [-0.4, -0.2) is 49.8 Å². The molecule has 1 amide bonds. The number of aryl methyl sites for hydroxylation is 1. The van der Waals surface area contributed by atoms with Gasteiger partial charge in [0.2, 0.25) is 0 Å². The first kappa shape index (κ1) is 27.1. The van der Waals surface area contributed by atoms with Crippen LogP contribution in [0, 0.1) is 11.8 Å². The molecule has 7 nitrogen and oxygen atoms in total. The molecule has 8 heteroatoms. The zero-order valence-corrected chi connectivity index (χ0v) is 24.4. The summed E-state index contributed by atoms with van der Waals surface area (Å²) < 4.78 is 16.1. The largest absolute Gasteiger partial charge is 0.321 e. The maximum absolute atomic E-state index is 14.1. The molecule has 0 bridgehead atoms. The molecule has 2 aromatic heterocycles. The van der Waals surface area contributed by atoms with Gasteiger partial charge in [-0.1, -0.05) is 39.8 Å². The molecule has 2 fully saturated rings. The number of alkyl halides is 1. The average Bonchev–Trinajstić information content (AvgIpc) is 3.46. The van der Waals surface area contributed by atoms with Gasteiger partial charge in [-0.05, 0) is 72.9 Å². The van der Waals surface area contributed by atoms with Gasteiger partial charge in [-0.3, -0.25) is 9.69 Å². The van der Waals surface area contributed by atoms with Gasteiger partial charge in [0.05, 0.1) is 11.1 Å². The lowest BCUT2D eigenvalue weighted by molar-refractivity contribution is 0.0924. The van der Waals surface area contributed by atoms with Gasteiger partial charge in [0.25, 0.3) is 5.91 Å². The van der Waals surface area contributed by atoms with Gasteiger partial charge in [-0.2, -0.15) is 0 Å². The summed E-state index contributed by atoms with van der Waals surface area (Å²) >= 11 is 0. The molecule has 6 rings (SSSR count). The molecule has 1 aromatic carbocycles. The summed E-state index contributed by atoms with van der Waals surface area (Å²) in [6.07, 6.45) is 5.57. The number of anilines is 1. The summed E-state index contributed by atoms with van der Waals surface area (Å²) in [5, 5.41) is 11.7. The van der Waals surface area contributed by atoms with E-state index in [9.17, 15) is 9.18 Å². The third kappa shape index (κ3) is 4.74. The van der Waals surface area contributed by atoms with Crippen LogP contribution in [0.15, 0.2) is 36.7 Å². The van der Waals surface area contributed by atoms with Crippen molar-refractivity contribution in [3.63, 3.8) is 0 Å². The Labute approximate surface area is 236 Å². The molecule has 3 aromatic rings. The highest BCUT2D eigenvalue weighted by Gasteiger charge is 2.48. The van der Waals surface area contributed by atoms with Crippen molar-refractivity contribution in [1.82, 2.24) is 24.6 Å². The molecule has 0 spiro atoms. The van der Waals surface area contributed by atoms with E-state index in [2.05, 4.69) is 53.3 Å². The van der Waals surface area contributed by atoms with Crippen molar-refractivity contribution in [2.75, 3.05) is 18.4 Å². The zero-order valence-electron chi connectivity index (χ0n) is 24.4. The monoisotopic (exact) mass is 544 g/mol. The summed E-state index contributed by atoms with van der Waals surface area (Å²) in [7, 11) is 1.99. The number of pyridine rings is 1. The van der Waals surface area contributed by atoms with Gasteiger partial charge in [0.1, 0.15) is 24.0 Å². The van der Waals surface area contributed by atoms with Crippen LogP contribution in [-0.2, 0) is 30.8 Å². The van der Waals surface area contributed by atoms with Crippen LogP contribution in [0.25, 0.3) is 0 Å². The minimum atomic E-state index is -0.730. The van der Waals surface area contributed by atoms with E-state index in [0.29, 0.717) is 18.0 Å². The molecule has 0 radical (unpaired) electrons. The van der Waals surface area contributed by atoms with Gasteiger partial charge in [0, 0.05) is 43.7 Å². The first-order valence-electron chi connectivity index (χ1n) is 14.7. The Hall–Kier alpha value is -3.13. The molecule has 2 atom stereocenters. The Morgan fingerprint density at radius 3 is 2.70 bits per heavy atom. The molecule has 0 unspecified atom stereocenters. The lowest BCUT2D eigenvalue weighted by Crippen LogP contribution is -2.43. The molecule has 212 valence electrons. The highest BCUT2D eigenvalue weighted by molar-refractivity contribution is 6.03. The Bertz CT molecular complexity index is 1420. The molecule has 3 heterocycles. The van der Waals surface area contributed by atoms with Crippen LogP contribution < -0.4 is 5.32 Å². The van der Waals surface area contributed by atoms with Gasteiger partial charge >= 0.3 is 0 Å². The Kier molecular flexibility index (Phi) is 6.80. The maximum Gasteiger partial charge on any atom is 0.274 e. The molecular weight excluding hydrogens is 503 g/mol. The molecule has 3 aliphatic rings. The number of likely N-dealkylation sites (tertiary alicyclic amines) is 1. The fourth-order valence-corrected chi connectivity index (χ4v) is 7.35. The van der Waals surface area contributed by atoms with Crippen molar-refractivity contribution in [3.05, 3.63) is 70.6 Å². The summed E-state index contributed by atoms with van der Waals surface area (Å²) in [4.78, 5) is 20.9. The van der Waals surface area contributed by atoms with Crippen LogP contribution in [0.3, 0.4) is 0 Å². The number of aromatic nitrogens is 4. The number of hydrogen-bond donors (Lipinski definition) is 1. The predicted octanol–water partition coefficient (Wildman–Crippen LogP) is 5.58. The van der Waals surface area contributed by atoms with E-state index >= 15 is 0 Å². The smallest absolute Gasteiger partial charge is 0.274 e. The standard InChI is InChI=1S/C32H41FN6O/c1-20-15-32(16-20,30-37-34-19-38(30)5)23-7-6-8-24(14-23)35-29(40)27-13-22(18-39-12-10-26(33)21(2)17-39)25-9-11-31(3,4)28(25)36-27/h6-8,13-14,19-21,26H,9-12,15-18H2,1-5H3,(H,35,40)/t20?,21-,26+,32?/m1/s1. The van der Waals surface area contributed by atoms with Crippen LogP contribution in [0.1, 0.15) is 92.1 Å². The second-order valence-electron chi connectivity index (χ2n) is 13.3. The number of nitrogens with one attached hydrogen (secondary N) is 1. The minimum absolute atomic E-state index is 0.0265. The number of carbonyl (C=O) groups excluding carboxylic acids is 1. The molecule has 1 N–H and O–H groups in total. The lowest BCUT2D eigenvalue weighted by atomic mass is 9.58. The first-order chi connectivity index (χ1) is 19.1. The highest BCUT2D eigenvalue weighted by atomic mass is 19.1. The number of halogens is 1. The van der Waals surface area contributed by atoms with E-state index in [1.807, 2.05) is 36.7 Å². The number of carbonyl (C=O) groups is 1. The van der Waals surface area contributed by atoms with E-state index in [-0.39, 0.29) is 22.7 Å². The van der Waals surface area contributed by atoms with Gasteiger partial charge in [-0.25, -0.2) is 9.37 Å². The van der Waals surface area contributed by atoms with Crippen LogP contribution in [0.5, 0.6) is 0 Å². The fourth-order valence-electron chi connectivity index (χ4n) is 7.35. The third-order valence-electron chi connectivity index (χ3n) is 9.58. The zero-order chi connectivity index (χ0) is 28.2. The summed E-state index contributed by atoms with van der Waals surface area (Å²) in [6, 6.07) is 10.1. The van der Waals surface area contributed by atoms with E-state index < -0.39 is 6.17 Å². The molecule has 1 aliphatic heterocycles. The number of benzene rings is 1. The number of piperidine rings is 1. The van der Waals surface area contributed by atoms with E-state index in [4.69, 9.17) is 4.98 Å². The van der Waals surface area contributed by atoms with Crippen molar-refractivity contribution in [3.8, 4) is 0 Å². The van der Waals surface area contributed by atoms with Crippen LogP contribution in [0.2, 0.25) is 0 Å². The van der Waals surface area contributed by atoms with Crippen molar-refractivity contribution in [2.45, 2.75) is 83.3 Å². The maximum atomic E-state index is 14.1. The Morgan fingerprint density at radius 2 is 2.00 bits per heavy atom. The van der Waals surface area contributed by atoms with Gasteiger partial charge in [0.15, 0.2) is 0 Å². The van der Waals surface area contributed by atoms with E-state index in [1.54, 1.807) is 6.33 Å². The molecule has 1 saturated heterocycles. The first-order valence-corrected chi connectivity index (χ1v) is 14.7. The third-order valence-corrected chi connectivity index (χ3v) is 9.58. The van der Waals surface area contributed by atoms with E-state index in [0.717, 1.165) is 73.7 Å². The van der Waals surface area contributed by atoms with Crippen LogP contribution in [0.4, 0.5) is 10.1 Å². The van der Waals surface area contributed by atoms with Crippen molar-refractivity contribution >= 4 is 11.6 Å². The van der Waals surface area contributed by atoms with Crippen LogP contribution >= 0.6 is 0 Å². The minimum Gasteiger partial charge on any atom is -0.321 e. The summed E-state index contributed by atoms with van der Waals surface area (Å²) in [5.41, 5.74) is 5.53. The second kappa shape index (κ2) is 10.1. The highest BCUT2D eigenvalue weighted by Crippen LogP contribution is 2.51. The van der Waals surface area contributed by atoms with Gasteiger partial charge in [-0.15, -0.1) is 10.2 Å². The number of amides is 1. The quantitative estimate of drug-likeness (QED) is 0.438. The Balaban J connectivity index is 1.28. The topological polar surface area (TPSA) is 75.9 Å². The van der Waals surface area contributed by atoms with Gasteiger partial charge < -0.3 is 9.88 Å². The molecule has 2 aliphatic carbocycles. The van der Waals surface area contributed by atoms with Crippen molar-refractivity contribution in [1.29, 1.82) is 0 Å². The lowest BCUT2D eigenvalue weighted by Gasteiger charge is -2.46. The summed E-state index contributed by atoms with van der Waals surface area (Å²) in [6.45, 7) is 10.9. The number of rotatable bonds is 6. The van der Waals surface area contributed by atoms with E-state index in [1.165, 1.54) is 5.56 Å². The number of nitrogens with zero attached hydrogens (tertiary/aromatic N) is 5. The molecule has 1 saturated carbocycles. The SMILES string of the molecule is CC1CC(c2cccc(NC(=O)c3cc(CN4CC[C@H](F)[C@H](C)C4)c4c(n3)C(C)(C)CC4)c2)(c2nncn2C)C1. The molecule has 40 heavy (non-hydrogen) atoms.